The average molecular weight is 320 g/mol. The van der Waals surface area contributed by atoms with E-state index in [2.05, 4.69) is 19.9 Å². The second-order valence-electron chi connectivity index (χ2n) is 5.63. The van der Waals surface area contributed by atoms with E-state index in [9.17, 15) is 4.39 Å². The van der Waals surface area contributed by atoms with Crippen molar-refractivity contribution in [1.82, 2.24) is 19.7 Å². The molecule has 3 heterocycles. The highest BCUT2D eigenvalue weighted by Gasteiger charge is 2.25. The van der Waals surface area contributed by atoms with Crippen molar-refractivity contribution in [2.24, 2.45) is 0 Å². The van der Waals surface area contributed by atoms with Crippen LogP contribution < -0.4 is 4.90 Å². The summed E-state index contributed by atoms with van der Waals surface area (Å²) in [6.07, 6.45) is 5.12. The SMILES string of the molecule is [C-]#[N+]c1cncc(N2Cc3cn(Cc4ccc(F)cc4)nc3C2)n1. The van der Waals surface area contributed by atoms with Crippen molar-refractivity contribution in [3.05, 3.63) is 76.9 Å². The molecule has 24 heavy (non-hydrogen) atoms. The minimum Gasteiger partial charge on any atom is -0.359 e. The maximum Gasteiger partial charge on any atom is 0.290 e. The first-order valence-electron chi connectivity index (χ1n) is 7.45. The third-order valence-electron chi connectivity index (χ3n) is 3.93. The van der Waals surface area contributed by atoms with Gasteiger partial charge in [-0.3, -0.25) is 9.67 Å². The second-order valence-corrected chi connectivity index (χ2v) is 5.63. The molecule has 4 rings (SSSR count). The van der Waals surface area contributed by atoms with Gasteiger partial charge in [-0.15, -0.1) is 0 Å². The van der Waals surface area contributed by atoms with Crippen molar-refractivity contribution in [1.29, 1.82) is 0 Å². The fourth-order valence-corrected chi connectivity index (χ4v) is 2.78. The van der Waals surface area contributed by atoms with Crippen LogP contribution in [-0.2, 0) is 19.6 Å². The first kappa shape index (κ1) is 14.3. The van der Waals surface area contributed by atoms with E-state index in [1.165, 1.54) is 18.3 Å². The Kier molecular flexibility index (Phi) is 3.43. The van der Waals surface area contributed by atoms with Gasteiger partial charge in [-0.2, -0.15) is 5.10 Å². The van der Waals surface area contributed by atoms with Gasteiger partial charge in [0.1, 0.15) is 5.82 Å². The highest BCUT2D eigenvalue weighted by molar-refractivity contribution is 5.48. The Labute approximate surface area is 138 Å². The summed E-state index contributed by atoms with van der Waals surface area (Å²) in [6.45, 7) is 8.96. The zero-order valence-corrected chi connectivity index (χ0v) is 12.7. The van der Waals surface area contributed by atoms with Gasteiger partial charge in [0.25, 0.3) is 5.82 Å². The van der Waals surface area contributed by atoms with Crippen LogP contribution in [0.2, 0.25) is 0 Å². The van der Waals surface area contributed by atoms with E-state index in [-0.39, 0.29) is 5.82 Å². The van der Waals surface area contributed by atoms with E-state index >= 15 is 0 Å². The van der Waals surface area contributed by atoms with Gasteiger partial charge in [0.2, 0.25) is 5.82 Å². The number of fused-ring (bicyclic) bond motifs is 1. The quantitative estimate of drug-likeness (QED) is 0.696. The average Bonchev–Trinajstić information content (AvgIpc) is 3.15. The molecule has 0 bridgehead atoms. The van der Waals surface area contributed by atoms with E-state index in [0.29, 0.717) is 31.3 Å². The summed E-state index contributed by atoms with van der Waals surface area (Å²) in [5.41, 5.74) is 3.13. The number of anilines is 1. The highest BCUT2D eigenvalue weighted by Crippen LogP contribution is 2.26. The van der Waals surface area contributed by atoms with Crippen LogP contribution in [0.1, 0.15) is 16.8 Å². The molecule has 0 fully saturated rings. The van der Waals surface area contributed by atoms with E-state index < -0.39 is 0 Å². The minimum atomic E-state index is -0.236. The van der Waals surface area contributed by atoms with Crippen molar-refractivity contribution < 1.29 is 4.39 Å². The van der Waals surface area contributed by atoms with Gasteiger partial charge in [0.15, 0.2) is 0 Å². The van der Waals surface area contributed by atoms with Crippen LogP contribution in [0, 0.1) is 12.4 Å². The number of nitrogens with zero attached hydrogens (tertiary/aromatic N) is 6. The third kappa shape index (κ3) is 2.70. The zero-order valence-electron chi connectivity index (χ0n) is 12.7. The summed E-state index contributed by atoms with van der Waals surface area (Å²) in [6, 6.07) is 6.44. The Hall–Kier alpha value is -3.27. The van der Waals surface area contributed by atoms with Crippen molar-refractivity contribution in [3.8, 4) is 0 Å². The lowest BCUT2D eigenvalue weighted by atomic mass is 10.2. The van der Waals surface area contributed by atoms with Crippen LogP contribution in [-0.4, -0.2) is 19.7 Å². The largest absolute Gasteiger partial charge is 0.359 e. The van der Waals surface area contributed by atoms with E-state index in [1.54, 1.807) is 18.3 Å². The van der Waals surface area contributed by atoms with Crippen molar-refractivity contribution in [3.63, 3.8) is 0 Å². The molecule has 0 saturated carbocycles. The van der Waals surface area contributed by atoms with Gasteiger partial charge in [0.05, 0.1) is 37.7 Å². The molecular formula is C17H13FN6. The summed E-state index contributed by atoms with van der Waals surface area (Å²) in [5, 5.41) is 4.60. The fraction of sp³-hybridized carbons (Fsp3) is 0.176. The summed E-state index contributed by atoms with van der Waals surface area (Å²) in [5.74, 6) is 0.741. The number of halogens is 1. The van der Waals surface area contributed by atoms with Gasteiger partial charge in [0, 0.05) is 11.8 Å². The van der Waals surface area contributed by atoms with E-state index in [0.717, 1.165) is 16.8 Å². The molecule has 0 aliphatic carbocycles. The van der Waals surface area contributed by atoms with E-state index in [1.807, 2.05) is 15.8 Å². The number of aromatic nitrogens is 4. The Balaban J connectivity index is 1.49. The number of hydrogen-bond donors (Lipinski definition) is 0. The van der Waals surface area contributed by atoms with Gasteiger partial charge in [-0.05, 0) is 17.7 Å². The van der Waals surface area contributed by atoms with Crippen LogP contribution in [0.3, 0.4) is 0 Å². The molecule has 6 nitrogen and oxygen atoms in total. The lowest BCUT2D eigenvalue weighted by Crippen LogP contribution is -2.17. The van der Waals surface area contributed by atoms with Crippen LogP contribution in [0.25, 0.3) is 4.85 Å². The van der Waals surface area contributed by atoms with Gasteiger partial charge in [-0.25, -0.2) is 4.39 Å². The summed E-state index contributed by atoms with van der Waals surface area (Å²) in [4.78, 5) is 13.7. The molecule has 0 spiro atoms. The molecule has 3 aromatic rings. The van der Waals surface area contributed by atoms with E-state index in [4.69, 9.17) is 6.57 Å². The molecule has 1 aliphatic heterocycles. The first-order chi connectivity index (χ1) is 11.7. The zero-order chi connectivity index (χ0) is 16.5. The van der Waals surface area contributed by atoms with Gasteiger partial charge in [-0.1, -0.05) is 23.7 Å². The number of benzene rings is 1. The fourth-order valence-electron chi connectivity index (χ4n) is 2.78. The highest BCUT2D eigenvalue weighted by atomic mass is 19.1. The minimum absolute atomic E-state index is 0.236. The monoisotopic (exact) mass is 320 g/mol. The lowest BCUT2D eigenvalue weighted by molar-refractivity contribution is 0.623. The molecule has 1 aliphatic rings. The molecular weight excluding hydrogens is 307 g/mol. The number of rotatable bonds is 3. The molecule has 0 amide bonds. The van der Waals surface area contributed by atoms with Crippen molar-refractivity contribution in [2.75, 3.05) is 4.90 Å². The normalized spacial score (nSPS) is 12.9. The molecule has 7 heteroatoms. The lowest BCUT2D eigenvalue weighted by Gasteiger charge is -2.13. The smallest absolute Gasteiger partial charge is 0.290 e. The Morgan fingerprint density at radius 2 is 2.00 bits per heavy atom. The van der Waals surface area contributed by atoms with Gasteiger partial charge >= 0.3 is 0 Å². The van der Waals surface area contributed by atoms with Crippen LogP contribution in [0.4, 0.5) is 16.0 Å². The topological polar surface area (TPSA) is 51.2 Å². The van der Waals surface area contributed by atoms with Crippen LogP contribution in [0.5, 0.6) is 0 Å². The molecule has 0 unspecified atom stereocenters. The Bertz CT molecular complexity index is 901. The van der Waals surface area contributed by atoms with Crippen LogP contribution in [0.15, 0.2) is 42.9 Å². The maximum absolute atomic E-state index is 13.0. The third-order valence-corrected chi connectivity index (χ3v) is 3.93. The molecule has 0 atom stereocenters. The summed E-state index contributed by atoms with van der Waals surface area (Å²) >= 11 is 0. The molecule has 2 aromatic heterocycles. The molecule has 0 N–H and O–H groups in total. The maximum atomic E-state index is 13.0. The van der Waals surface area contributed by atoms with Gasteiger partial charge < -0.3 is 9.74 Å². The predicted octanol–water partition coefficient (Wildman–Crippen LogP) is 2.93. The van der Waals surface area contributed by atoms with Crippen LogP contribution >= 0.6 is 0 Å². The first-order valence-corrected chi connectivity index (χ1v) is 7.45. The molecule has 1 aromatic carbocycles. The Morgan fingerprint density at radius 1 is 1.17 bits per heavy atom. The predicted molar refractivity (Wildman–Crippen MR) is 85.9 cm³/mol. The van der Waals surface area contributed by atoms with Crippen molar-refractivity contribution >= 4 is 11.6 Å². The Morgan fingerprint density at radius 3 is 2.75 bits per heavy atom. The molecule has 0 radical (unpaired) electrons. The summed E-state index contributed by atoms with van der Waals surface area (Å²) < 4.78 is 14.8. The van der Waals surface area contributed by atoms with Crippen molar-refractivity contribution in [2.45, 2.75) is 19.6 Å². The molecule has 0 saturated heterocycles. The molecule has 118 valence electrons. The number of hydrogen-bond acceptors (Lipinski definition) is 4. The standard InChI is InChI=1S/C17H13FN6/c1-19-16-6-20-7-17(21-16)23-9-13-10-24(22-15(13)11-23)8-12-2-4-14(18)5-3-12/h2-7,10H,8-9,11H2. The summed E-state index contributed by atoms with van der Waals surface area (Å²) in [7, 11) is 0. The second kappa shape index (κ2) is 5.74.